The molecule has 35 heavy (non-hydrogen) atoms. The quantitative estimate of drug-likeness (QED) is 0.140. The summed E-state index contributed by atoms with van der Waals surface area (Å²) in [5, 5.41) is 34.2. The minimum Gasteiger partial charge on any atom is -0.502 e. The van der Waals surface area contributed by atoms with Crippen LogP contribution >= 0.6 is 15.9 Å². The van der Waals surface area contributed by atoms with Gasteiger partial charge in [0.15, 0.2) is 0 Å². The van der Waals surface area contributed by atoms with Gasteiger partial charge in [0.25, 0.3) is 5.69 Å². The van der Waals surface area contributed by atoms with E-state index in [2.05, 4.69) is 22.9 Å². The van der Waals surface area contributed by atoms with Crippen molar-refractivity contribution in [2.45, 2.75) is 58.8 Å². The lowest BCUT2D eigenvalue weighted by atomic mass is 9.91. The zero-order valence-electron chi connectivity index (χ0n) is 19.9. The molecule has 3 aromatic carbocycles. The van der Waals surface area contributed by atoms with E-state index >= 15 is 0 Å². The molecule has 3 rings (SSSR count). The van der Waals surface area contributed by atoms with Gasteiger partial charge in [-0.2, -0.15) is 0 Å². The lowest BCUT2D eigenvalue weighted by Crippen LogP contribution is -1.99. The molecule has 8 nitrogen and oxygen atoms in total. The average Bonchev–Trinajstić information content (AvgIpc) is 2.82. The van der Waals surface area contributed by atoms with Crippen molar-refractivity contribution in [2.24, 2.45) is 0 Å². The number of phenolic OH excluding ortho intramolecular Hbond substituents is 1. The number of aromatic hydroxyl groups is 1. The minimum absolute atomic E-state index is 0.0707. The van der Waals surface area contributed by atoms with Crippen LogP contribution in [0.1, 0.15) is 57.9 Å². The Morgan fingerprint density at radius 1 is 0.886 bits per heavy atom. The number of nitrogens with zero attached hydrogens (tertiary/aromatic N) is 2. The van der Waals surface area contributed by atoms with Gasteiger partial charge < -0.3 is 9.84 Å². The van der Waals surface area contributed by atoms with Crippen LogP contribution in [0, 0.1) is 20.2 Å². The molecule has 0 atom stereocenters. The molecule has 0 unspecified atom stereocenters. The molecule has 0 heterocycles. The Labute approximate surface area is 212 Å². The maximum absolute atomic E-state index is 11.8. The van der Waals surface area contributed by atoms with Crippen LogP contribution in [0.2, 0.25) is 0 Å². The number of ether oxygens (including phenoxy) is 1. The Balaban J connectivity index is 2.21. The number of rotatable bonds is 12. The third kappa shape index (κ3) is 5.90. The molecule has 1 N–H and O–H groups in total. The summed E-state index contributed by atoms with van der Waals surface area (Å²) in [6.45, 7) is 4.53. The van der Waals surface area contributed by atoms with Gasteiger partial charge in [-0.3, -0.25) is 20.2 Å². The van der Waals surface area contributed by atoms with Gasteiger partial charge in [0, 0.05) is 5.39 Å². The van der Waals surface area contributed by atoms with Gasteiger partial charge in [-0.15, -0.1) is 0 Å². The monoisotopic (exact) mass is 544 g/mol. The van der Waals surface area contributed by atoms with Crippen molar-refractivity contribution in [1.82, 2.24) is 0 Å². The number of fused-ring (bicyclic) bond motifs is 1. The van der Waals surface area contributed by atoms with Crippen LogP contribution in [0.15, 0.2) is 40.9 Å². The van der Waals surface area contributed by atoms with E-state index < -0.39 is 27.0 Å². The van der Waals surface area contributed by atoms with Crippen LogP contribution in [-0.2, 0) is 6.42 Å². The van der Waals surface area contributed by atoms with Crippen LogP contribution in [0.3, 0.4) is 0 Å². The molecule has 186 valence electrons. The van der Waals surface area contributed by atoms with Crippen LogP contribution in [-0.4, -0.2) is 21.6 Å². The van der Waals surface area contributed by atoms with Crippen LogP contribution in [0.25, 0.3) is 21.9 Å². The first kappa shape index (κ1) is 26.4. The van der Waals surface area contributed by atoms with Crippen molar-refractivity contribution >= 4 is 38.1 Å². The molecule has 0 aliphatic heterocycles. The predicted molar refractivity (Wildman–Crippen MR) is 140 cm³/mol. The molecule has 0 saturated carbocycles. The van der Waals surface area contributed by atoms with Gasteiger partial charge in [-0.25, -0.2) is 0 Å². The number of hydrogen-bond donors (Lipinski definition) is 1. The Hall–Kier alpha value is -3.20. The third-order valence-corrected chi connectivity index (χ3v) is 6.85. The van der Waals surface area contributed by atoms with Gasteiger partial charge in [-0.05, 0) is 70.6 Å². The smallest absolute Gasteiger partial charge is 0.318 e. The zero-order valence-corrected chi connectivity index (χ0v) is 21.5. The van der Waals surface area contributed by atoms with Crippen LogP contribution < -0.4 is 4.74 Å². The highest BCUT2D eigenvalue weighted by molar-refractivity contribution is 9.10. The molecule has 0 bridgehead atoms. The maximum Gasteiger partial charge on any atom is 0.318 e. The van der Waals surface area contributed by atoms with E-state index in [4.69, 9.17) is 4.74 Å². The first-order valence-electron chi connectivity index (χ1n) is 11.8. The fourth-order valence-electron chi connectivity index (χ4n) is 4.30. The fourth-order valence-corrected chi connectivity index (χ4v) is 4.89. The first-order chi connectivity index (χ1) is 16.8. The van der Waals surface area contributed by atoms with E-state index in [1.165, 1.54) is 12.8 Å². The van der Waals surface area contributed by atoms with E-state index in [1.807, 2.05) is 25.1 Å². The number of phenols is 1. The van der Waals surface area contributed by atoms with E-state index in [0.29, 0.717) is 23.2 Å². The molecule has 0 aromatic heterocycles. The molecule has 9 heteroatoms. The van der Waals surface area contributed by atoms with E-state index in [1.54, 1.807) is 12.1 Å². The number of unbranched alkanes of at least 4 members (excludes halogenated alkanes) is 5. The average molecular weight is 545 g/mol. The summed E-state index contributed by atoms with van der Waals surface area (Å²) in [6.07, 6.45) is 7.26. The number of halogens is 1. The number of aryl methyl sites for hydroxylation is 1. The highest BCUT2D eigenvalue weighted by atomic mass is 79.9. The van der Waals surface area contributed by atoms with Crippen molar-refractivity contribution in [3.05, 3.63) is 66.7 Å². The van der Waals surface area contributed by atoms with Gasteiger partial charge in [0.2, 0.25) is 5.75 Å². The second kappa shape index (κ2) is 12.0. The van der Waals surface area contributed by atoms with Crippen LogP contribution in [0.5, 0.6) is 11.5 Å². The Morgan fingerprint density at radius 2 is 1.57 bits per heavy atom. The molecule has 0 amide bonds. The lowest BCUT2D eigenvalue weighted by molar-refractivity contribution is -0.393. The summed E-state index contributed by atoms with van der Waals surface area (Å²) < 4.78 is 6.42. The lowest BCUT2D eigenvalue weighted by Gasteiger charge is -2.16. The molecule has 0 spiro atoms. The minimum atomic E-state index is -0.808. The molecule has 0 fully saturated rings. The summed E-state index contributed by atoms with van der Waals surface area (Å²) in [5.41, 5.74) is 1.30. The number of hydrogen-bond acceptors (Lipinski definition) is 6. The number of non-ortho nitro benzene ring substituents is 1. The Morgan fingerprint density at radius 3 is 2.23 bits per heavy atom. The van der Waals surface area contributed by atoms with Gasteiger partial charge in [0.1, 0.15) is 5.75 Å². The van der Waals surface area contributed by atoms with E-state index in [-0.39, 0.29) is 10.8 Å². The van der Waals surface area contributed by atoms with Crippen molar-refractivity contribution in [1.29, 1.82) is 0 Å². The summed E-state index contributed by atoms with van der Waals surface area (Å²) in [4.78, 5) is 21.8. The first-order valence-corrected chi connectivity index (χ1v) is 12.6. The molecule has 0 aliphatic carbocycles. The SMILES string of the molecule is CCCCCCCCc1cc2c([N+](=O)[O-])cc([N+](=O)[O-])c(O)c2cc1-c1cccc(OCC)c1Br. The normalized spacial score (nSPS) is 11.1. The van der Waals surface area contributed by atoms with Crippen molar-refractivity contribution < 1.29 is 19.7 Å². The number of benzene rings is 3. The number of nitro benzene ring substituents is 2. The molecule has 0 aliphatic rings. The summed E-state index contributed by atoms with van der Waals surface area (Å²) in [7, 11) is 0. The zero-order chi connectivity index (χ0) is 25.5. The van der Waals surface area contributed by atoms with Gasteiger partial charge in [-0.1, -0.05) is 51.2 Å². The van der Waals surface area contributed by atoms with Gasteiger partial charge in [0.05, 0.1) is 32.4 Å². The molecule has 0 radical (unpaired) electrons. The van der Waals surface area contributed by atoms with Crippen molar-refractivity contribution in [3.8, 4) is 22.6 Å². The second-order valence-corrected chi connectivity index (χ2v) is 9.19. The topological polar surface area (TPSA) is 116 Å². The van der Waals surface area contributed by atoms with Crippen LogP contribution in [0.4, 0.5) is 11.4 Å². The summed E-state index contributed by atoms with van der Waals surface area (Å²) >= 11 is 3.62. The summed E-state index contributed by atoms with van der Waals surface area (Å²) in [6, 6.07) is 9.71. The predicted octanol–water partition coefficient (Wildman–Crippen LogP) is 8.09. The molecular formula is C26H29BrN2O6. The molecular weight excluding hydrogens is 516 g/mol. The summed E-state index contributed by atoms with van der Waals surface area (Å²) in [5.74, 6) is 0.0601. The Bertz CT molecular complexity index is 1240. The second-order valence-electron chi connectivity index (χ2n) is 8.40. The van der Waals surface area contributed by atoms with Crippen molar-refractivity contribution in [3.63, 3.8) is 0 Å². The maximum atomic E-state index is 11.8. The Kier molecular flexibility index (Phi) is 9.03. The standard InChI is InChI=1S/C26H29BrN2O6/c1-3-5-6-7-8-9-11-17-14-20-21(26(30)23(29(33)34)16-22(20)28(31)32)15-19(17)18-12-10-13-24(25(18)27)35-4-2/h10,12-16,30H,3-9,11H2,1-2H3. The molecule has 3 aromatic rings. The highest BCUT2D eigenvalue weighted by Gasteiger charge is 2.27. The van der Waals surface area contributed by atoms with E-state index in [9.17, 15) is 25.3 Å². The number of nitro groups is 2. The fraction of sp³-hybridized carbons (Fsp3) is 0.385. The largest absolute Gasteiger partial charge is 0.502 e. The van der Waals surface area contributed by atoms with E-state index in [0.717, 1.165) is 48.4 Å². The highest BCUT2D eigenvalue weighted by Crippen LogP contribution is 2.45. The van der Waals surface area contributed by atoms with Crippen molar-refractivity contribution in [2.75, 3.05) is 6.61 Å². The molecule has 0 saturated heterocycles. The third-order valence-electron chi connectivity index (χ3n) is 6.04. The van der Waals surface area contributed by atoms with Gasteiger partial charge >= 0.3 is 5.69 Å².